The Balaban J connectivity index is 1.51. The summed E-state index contributed by atoms with van der Waals surface area (Å²) in [4.78, 5) is 12.0. The van der Waals surface area contributed by atoms with Crippen molar-refractivity contribution < 1.29 is 9.21 Å². The number of furan rings is 1. The predicted molar refractivity (Wildman–Crippen MR) is 96.2 cm³/mol. The number of hydrogen-bond acceptors (Lipinski definition) is 5. The van der Waals surface area contributed by atoms with Gasteiger partial charge in [0.15, 0.2) is 5.16 Å². The molecule has 0 aliphatic heterocycles. The van der Waals surface area contributed by atoms with E-state index in [4.69, 9.17) is 4.42 Å². The van der Waals surface area contributed by atoms with Crippen molar-refractivity contribution in [2.24, 2.45) is 0 Å². The molecule has 2 aromatic heterocycles. The maximum Gasteiger partial charge on any atom is 0.230 e. The Morgan fingerprint density at radius 3 is 2.80 bits per heavy atom. The molecule has 6 nitrogen and oxygen atoms in total. The van der Waals surface area contributed by atoms with Crippen molar-refractivity contribution in [1.29, 1.82) is 0 Å². The number of nitrogens with one attached hydrogen (secondary N) is 1. The van der Waals surface area contributed by atoms with Crippen LogP contribution in [0.25, 0.3) is 0 Å². The second-order valence-electron chi connectivity index (χ2n) is 5.56. The number of rotatable bonds is 8. The molecular formula is C18H20N4O2S. The summed E-state index contributed by atoms with van der Waals surface area (Å²) < 4.78 is 7.25. The fourth-order valence-electron chi connectivity index (χ4n) is 2.39. The number of nitrogens with zero attached hydrogens (tertiary/aromatic N) is 3. The van der Waals surface area contributed by atoms with E-state index >= 15 is 0 Å². The van der Waals surface area contributed by atoms with Crippen LogP contribution in [-0.4, -0.2) is 26.4 Å². The van der Waals surface area contributed by atoms with Gasteiger partial charge in [0.25, 0.3) is 0 Å². The third-order valence-corrected chi connectivity index (χ3v) is 4.71. The number of thioether (sulfide) groups is 1. The summed E-state index contributed by atoms with van der Waals surface area (Å²) >= 11 is 1.40. The van der Waals surface area contributed by atoms with E-state index in [1.165, 1.54) is 17.3 Å². The van der Waals surface area contributed by atoms with E-state index in [0.717, 1.165) is 29.7 Å². The van der Waals surface area contributed by atoms with Gasteiger partial charge in [-0.2, -0.15) is 0 Å². The van der Waals surface area contributed by atoms with E-state index in [1.54, 1.807) is 12.3 Å². The van der Waals surface area contributed by atoms with Gasteiger partial charge in [-0.3, -0.25) is 4.79 Å². The largest absolute Gasteiger partial charge is 0.467 e. The average Bonchev–Trinajstić information content (AvgIpc) is 3.27. The first-order valence-electron chi connectivity index (χ1n) is 8.08. The van der Waals surface area contributed by atoms with Crippen molar-refractivity contribution >= 4 is 17.7 Å². The lowest BCUT2D eigenvalue weighted by Crippen LogP contribution is -2.24. The Labute approximate surface area is 150 Å². The highest BCUT2D eigenvalue weighted by Gasteiger charge is 2.12. The van der Waals surface area contributed by atoms with E-state index in [2.05, 4.69) is 32.2 Å². The highest BCUT2D eigenvalue weighted by Crippen LogP contribution is 2.17. The van der Waals surface area contributed by atoms with Crippen LogP contribution in [0.5, 0.6) is 0 Å². The van der Waals surface area contributed by atoms with Gasteiger partial charge in [0.2, 0.25) is 5.91 Å². The molecule has 0 spiro atoms. The molecule has 0 saturated carbocycles. The van der Waals surface area contributed by atoms with Crippen LogP contribution in [-0.2, 0) is 24.3 Å². The van der Waals surface area contributed by atoms with Gasteiger partial charge in [-0.15, -0.1) is 10.2 Å². The minimum Gasteiger partial charge on any atom is -0.467 e. The van der Waals surface area contributed by atoms with Gasteiger partial charge < -0.3 is 14.3 Å². The first kappa shape index (κ1) is 17.3. The van der Waals surface area contributed by atoms with Crippen molar-refractivity contribution in [1.82, 2.24) is 20.1 Å². The third kappa shape index (κ3) is 4.96. The van der Waals surface area contributed by atoms with Crippen LogP contribution in [0.3, 0.4) is 0 Å². The second kappa shape index (κ2) is 8.53. The Kier molecular flexibility index (Phi) is 5.90. The zero-order valence-corrected chi connectivity index (χ0v) is 14.8. The van der Waals surface area contributed by atoms with Crippen LogP contribution >= 0.6 is 11.8 Å². The van der Waals surface area contributed by atoms with E-state index < -0.39 is 0 Å². The molecule has 1 amide bonds. The fraction of sp³-hybridized carbons (Fsp3) is 0.278. The topological polar surface area (TPSA) is 73.0 Å². The van der Waals surface area contributed by atoms with Gasteiger partial charge in [-0.1, -0.05) is 42.1 Å². The van der Waals surface area contributed by atoms with Crippen molar-refractivity contribution in [2.45, 2.75) is 31.6 Å². The molecular weight excluding hydrogens is 336 g/mol. The van der Waals surface area contributed by atoms with Crippen LogP contribution in [0, 0.1) is 6.92 Å². The van der Waals surface area contributed by atoms with Crippen LogP contribution in [0.2, 0.25) is 0 Å². The van der Waals surface area contributed by atoms with Gasteiger partial charge in [0.1, 0.15) is 11.6 Å². The zero-order valence-electron chi connectivity index (χ0n) is 14.0. The van der Waals surface area contributed by atoms with E-state index in [9.17, 15) is 4.79 Å². The molecule has 3 rings (SSSR count). The fourth-order valence-corrected chi connectivity index (χ4v) is 3.23. The number of amides is 1. The lowest BCUT2D eigenvalue weighted by molar-refractivity contribution is -0.118. The number of carbonyl (C=O) groups excluding carboxylic acids is 1. The number of benzene rings is 1. The molecule has 3 aromatic rings. The molecule has 1 aromatic carbocycles. The van der Waals surface area contributed by atoms with Crippen molar-refractivity contribution in [3.63, 3.8) is 0 Å². The molecule has 0 atom stereocenters. The summed E-state index contributed by atoms with van der Waals surface area (Å²) in [6.07, 6.45) is 2.49. The highest BCUT2D eigenvalue weighted by atomic mass is 32.2. The molecule has 130 valence electrons. The second-order valence-corrected chi connectivity index (χ2v) is 6.50. The predicted octanol–water partition coefficient (Wildman–Crippen LogP) is 2.83. The van der Waals surface area contributed by atoms with Gasteiger partial charge in [0.05, 0.1) is 18.6 Å². The van der Waals surface area contributed by atoms with Crippen molar-refractivity contribution in [2.75, 3.05) is 5.75 Å². The van der Waals surface area contributed by atoms with Gasteiger partial charge >= 0.3 is 0 Å². The maximum atomic E-state index is 12.0. The SMILES string of the molecule is Cc1nnc(SCC(=O)NCc2ccco2)n1CCc1ccccc1. The maximum absolute atomic E-state index is 12.0. The monoisotopic (exact) mass is 356 g/mol. The molecule has 2 heterocycles. The smallest absolute Gasteiger partial charge is 0.230 e. The number of hydrogen-bond donors (Lipinski definition) is 1. The summed E-state index contributed by atoms with van der Waals surface area (Å²) in [5, 5.41) is 11.9. The molecule has 0 bridgehead atoms. The molecule has 0 radical (unpaired) electrons. The van der Waals surface area contributed by atoms with Gasteiger partial charge in [-0.25, -0.2) is 0 Å². The number of aromatic nitrogens is 3. The lowest BCUT2D eigenvalue weighted by Gasteiger charge is -2.08. The van der Waals surface area contributed by atoms with E-state index in [1.807, 2.05) is 31.2 Å². The van der Waals surface area contributed by atoms with E-state index in [0.29, 0.717) is 12.3 Å². The van der Waals surface area contributed by atoms with Crippen LogP contribution in [0.15, 0.2) is 58.3 Å². The molecule has 0 saturated heterocycles. The molecule has 7 heteroatoms. The molecule has 0 aliphatic rings. The minimum atomic E-state index is -0.0586. The normalized spacial score (nSPS) is 10.8. The lowest BCUT2D eigenvalue weighted by atomic mass is 10.1. The quantitative estimate of drug-likeness (QED) is 0.628. The Morgan fingerprint density at radius 1 is 1.20 bits per heavy atom. The number of aryl methyl sites for hydroxylation is 2. The van der Waals surface area contributed by atoms with Crippen molar-refractivity contribution in [3.05, 3.63) is 65.9 Å². The Morgan fingerprint density at radius 2 is 2.04 bits per heavy atom. The van der Waals surface area contributed by atoms with Crippen LogP contribution in [0.4, 0.5) is 0 Å². The highest BCUT2D eigenvalue weighted by molar-refractivity contribution is 7.99. The summed E-state index contributed by atoms with van der Waals surface area (Å²) in [6, 6.07) is 13.9. The molecule has 0 fully saturated rings. The summed E-state index contributed by atoms with van der Waals surface area (Å²) in [5.41, 5.74) is 1.27. The van der Waals surface area contributed by atoms with Crippen LogP contribution in [0.1, 0.15) is 17.1 Å². The standard InChI is InChI=1S/C18H20N4O2S/c1-14-20-21-18(22(14)10-9-15-6-3-2-4-7-15)25-13-17(23)19-12-16-8-5-11-24-16/h2-8,11H,9-10,12-13H2,1H3,(H,19,23). The first-order chi connectivity index (χ1) is 12.2. The van der Waals surface area contributed by atoms with Crippen LogP contribution < -0.4 is 5.32 Å². The Hall–Kier alpha value is -2.54. The Bertz CT molecular complexity index is 800. The van der Waals surface area contributed by atoms with Gasteiger partial charge in [-0.05, 0) is 31.0 Å². The zero-order chi connectivity index (χ0) is 17.5. The van der Waals surface area contributed by atoms with Gasteiger partial charge in [0, 0.05) is 6.54 Å². The van der Waals surface area contributed by atoms with E-state index in [-0.39, 0.29) is 5.91 Å². The summed E-state index contributed by atoms with van der Waals surface area (Å²) in [5.74, 6) is 1.83. The minimum absolute atomic E-state index is 0.0586. The molecule has 25 heavy (non-hydrogen) atoms. The molecule has 1 N–H and O–H groups in total. The first-order valence-corrected chi connectivity index (χ1v) is 9.06. The average molecular weight is 356 g/mol. The summed E-state index contributed by atoms with van der Waals surface area (Å²) in [7, 11) is 0. The third-order valence-electron chi connectivity index (χ3n) is 3.74. The van der Waals surface area contributed by atoms with Crippen molar-refractivity contribution in [3.8, 4) is 0 Å². The summed E-state index contributed by atoms with van der Waals surface area (Å²) in [6.45, 7) is 3.12. The molecule has 0 aliphatic carbocycles. The molecule has 0 unspecified atom stereocenters. The number of carbonyl (C=O) groups is 1.